The number of ether oxygens (including phenoxy) is 2. The summed E-state index contributed by atoms with van der Waals surface area (Å²) in [6.07, 6.45) is -7.68. The highest BCUT2D eigenvalue weighted by Gasteiger charge is 2.40. The molecule has 1 unspecified atom stereocenters. The molecule has 0 bridgehead atoms. The van der Waals surface area contributed by atoms with Gasteiger partial charge in [0.05, 0.1) is 26.4 Å². The molecule has 1 atom stereocenters. The number of halogens is 6. The molecule has 214 valence electrons. The maximum atomic E-state index is 10.6. The largest absolute Gasteiger partial charge is 0.490 e. The number of piperidine rings is 1. The molecule has 3 rings (SSSR count). The Morgan fingerprint density at radius 3 is 2.08 bits per heavy atom. The van der Waals surface area contributed by atoms with Gasteiger partial charge in [-0.1, -0.05) is 0 Å². The van der Waals surface area contributed by atoms with Crippen LogP contribution in [0.25, 0.3) is 0 Å². The molecule has 0 aliphatic carbocycles. The van der Waals surface area contributed by atoms with Gasteiger partial charge in [-0.2, -0.15) is 26.3 Å². The molecule has 2 aliphatic rings. The van der Waals surface area contributed by atoms with E-state index in [-0.39, 0.29) is 5.41 Å². The Balaban J connectivity index is 0.000000404. The minimum absolute atomic E-state index is 0.254. The summed E-state index contributed by atoms with van der Waals surface area (Å²) in [5, 5.41) is 14.2. The molecule has 15 heteroatoms. The molecule has 2 N–H and O–H groups in total. The molecule has 1 aromatic heterocycles. The second-order valence-corrected chi connectivity index (χ2v) is 8.75. The minimum atomic E-state index is -5.08. The van der Waals surface area contributed by atoms with E-state index in [0.29, 0.717) is 0 Å². The van der Waals surface area contributed by atoms with Crippen molar-refractivity contribution in [2.45, 2.75) is 38.7 Å². The maximum Gasteiger partial charge on any atom is 0.490 e. The van der Waals surface area contributed by atoms with Gasteiger partial charge in [0.25, 0.3) is 0 Å². The Morgan fingerprint density at radius 2 is 1.59 bits per heavy atom. The Hall–Kier alpha value is -2.36. The van der Waals surface area contributed by atoms with Crippen molar-refractivity contribution in [2.75, 3.05) is 59.7 Å². The molecular formula is C22H32F6N2O7. The van der Waals surface area contributed by atoms with Gasteiger partial charge in [0.15, 0.2) is 0 Å². The number of aryl methyl sites for hydroxylation is 1. The van der Waals surface area contributed by atoms with Crippen LogP contribution < -0.4 is 0 Å². The molecule has 3 heterocycles. The summed E-state index contributed by atoms with van der Waals surface area (Å²) >= 11 is 0. The van der Waals surface area contributed by atoms with Crippen molar-refractivity contribution < 1.29 is 60.0 Å². The van der Waals surface area contributed by atoms with Crippen LogP contribution in [0.1, 0.15) is 24.4 Å². The van der Waals surface area contributed by atoms with E-state index < -0.39 is 24.3 Å². The van der Waals surface area contributed by atoms with E-state index in [1.165, 1.54) is 12.8 Å². The van der Waals surface area contributed by atoms with Crippen molar-refractivity contribution in [3.05, 3.63) is 23.7 Å². The van der Waals surface area contributed by atoms with Gasteiger partial charge >= 0.3 is 24.3 Å². The average molecular weight is 550 g/mol. The predicted molar refractivity (Wildman–Crippen MR) is 117 cm³/mol. The van der Waals surface area contributed by atoms with E-state index in [9.17, 15) is 26.3 Å². The van der Waals surface area contributed by atoms with Gasteiger partial charge in [-0.05, 0) is 38.4 Å². The number of hydrogen-bond acceptors (Lipinski definition) is 7. The van der Waals surface area contributed by atoms with Crippen LogP contribution in [0.3, 0.4) is 0 Å². The van der Waals surface area contributed by atoms with Crippen LogP contribution >= 0.6 is 0 Å². The molecule has 2 saturated heterocycles. The number of alkyl halides is 6. The van der Waals surface area contributed by atoms with Crippen LogP contribution in [0.15, 0.2) is 16.5 Å². The lowest BCUT2D eigenvalue weighted by molar-refractivity contribution is -0.193. The number of methoxy groups -OCH3 is 1. The fourth-order valence-corrected chi connectivity index (χ4v) is 3.98. The second-order valence-electron chi connectivity index (χ2n) is 8.75. The Morgan fingerprint density at radius 1 is 1.03 bits per heavy atom. The molecule has 2 fully saturated rings. The number of carboxylic acid groups (broad SMARTS) is 2. The van der Waals surface area contributed by atoms with Crippen molar-refractivity contribution >= 4 is 11.9 Å². The number of furan rings is 1. The Labute approximate surface area is 209 Å². The zero-order valence-corrected chi connectivity index (χ0v) is 20.5. The summed E-state index contributed by atoms with van der Waals surface area (Å²) in [5.41, 5.74) is 0.254. The molecule has 0 aromatic carbocycles. The first-order valence-corrected chi connectivity index (χ1v) is 11.2. The molecular weight excluding hydrogens is 518 g/mol. The van der Waals surface area contributed by atoms with Gasteiger partial charge in [0.2, 0.25) is 0 Å². The van der Waals surface area contributed by atoms with E-state index in [4.69, 9.17) is 33.7 Å². The van der Waals surface area contributed by atoms with Crippen molar-refractivity contribution in [2.24, 2.45) is 5.41 Å². The third-order valence-corrected chi connectivity index (χ3v) is 5.53. The molecule has 0 amide bonds. The number of aliphatic carboxylic acids is 2. The average Bonchev–Trinajstić information content (AvgIpc) is 3.08. The molecule has 1 spiro atoms. The summed E-state index contributed by atoms with van der Waals surface area (Å²) in [6, 6.07) is 4.15. The zero-order chi connectivity index (χ0) is 28.3. The number of rotatable bonds is 5. The minimum Gasteiger partial charge on any atom is -0.475 e. The van der Waals surface area contributed by atoms with Gasteiger partial charge in [0, 0.05) is 38.7 Å². The first-order valence-electron chi connectivity index (χ1n) is 11.2. The van der Waals surface area contributed by atoms with Crippen LogP contribution in [0.4, 0.5) is 26.3 Å². The third kappa shape index (κ3) is 12.6. The van der Waals surface area contributed by atoms with Gasteiger partial charge in [0.1, 0.15) is 11.5 Å². The van der Waals surface area contributed by atoms with Crippen molar-refractivity contribution in [3.63, 3.8) is 0 Å². The van der Waals surface area contributed by atoms with Gasteiger partial charge < -0.3 is 24.1 Å². The monoisotopic (exact) mass is 550 g/mol. The lowest BCUT2D eigenvalue weighted by atomic mass is 9.80. The van der Waals surface area contributed by atoms with Crippen LogP contribution in [0.5, 0.6) is 0 Å². The molecule has 9 nitrogen and oxygen atoms in total. The van der Waals surface area contributed by atoms with Crippen molar-refractivity contribution in [1.82, 2.24) is 9.80 Å². The number of likely N-dealkylation sites (tertiary alicyclic amines) is 1. The predicted octanol–water partition coefficient (Wildman–Crippen LogP) is 3.42. The van der Waals surface area contributed by atoms with Crippen molar-refractivity contribution in [3.8, 4) is 0 Å². The summed E-state index contributed by atoms with van der Waals surface area (Å²) in [7, 11) is 1.78. The smallest absolute Gasteiger partial charge is 0.475 e. The van der Waals surface area contributed by atoms with Gasteiger partial charge in [-0.25, -0.2) is 9.59 Å². The maximum absolute atomic E-state index is 10.6. The van der Waals surface area contributed by atoms with Crippen LogP contribution in [0, 0.1) is 12.3 Å². The number of nitrogens with zero attached hydrogens (tertiary/aromatic N) is 2. The lowest BCUT2D eigenvalue weighted by Gasteiger charge is -2.43. The second kappa shape index (κ2) is 14.5. The Bertz CT molecular complexity index is 822. The highest BCUT2D eigenvalue weighted by Crippen LogP contribution is 2.33. The third-order valence-electron chi connectivity index (χ3n) is 5.53. The lowest BCUT2D eigenvalue weighted by Crippen LogP contribution is -2.50. The van der Waals surface area contributed by atoms with E-state index >= 15 is 0 Å². The summed E-state index contributed by atoms with van der Waals surface area (Å²) in [6.45, 7) is 10.8. The number of hydrogen-bond donors (Lipinski definition) is 2. The molecule has 37 heavy (non-hydrogen) atoms. The van der Waals surface area contributed by atoms with E-state index in [1.54, 1.807) is 7.11 Å². The van der Waals surface area contributed by atoms with E-state index in [1.807, 2.05) is 6.92 Å². The SMILES string of the molecule is COCCN1CCOCC2(CCCN(Cc3ccc(C)o3)C2)C1.O=C(O)C(F)(F)F.O=C(O)C(F)(F)F. The van der Waals surface area contributed by atoms with Crippen LogP contribution in [-0.2, 0) is 25.6 Å². The van der Waals surface area contributed by atoms with Crippen LogP contribution in [-0.4, -0.2) is 104 Å². The first kappa shape index (κ1) is 32.7. The fraction of sp³-hybridized carbons (Fsp3) is 0.727. The topological polar surface area (TPSA) is 113 Å². The normalized spacial score (nSPS) is 21.3. The van der Waals surface area contributed by atoms with Gasteiger partial charge in [-0.3, -0.25) is 9.80 Å². The highest BCUT2D eigenvalue weighted by molar-refractivity contribution is 5.73. The van der Waals surface area contributed by atoms with Crippen molar-refractivity contribution in [1.29, 1.82) is 0 Å². The summed E-state index contributed by atoms with van der Waals surface area (Å²) < 4.78 is 80.5. The quantitative estimate of drug-likeness (QED) is 0.533. The summed E-state index contributed by atoms with van der Waals surface area (Å²) in [5.74, 6) is -3.44. The number of carboxylic acids is 2. The van der Waals surface area contributed by atoms with Crippen LogP contribution in [0.2, 0.25) is 0 Å². The van der Waals surface area contributed by atoms with E-state index in [2.05, 4.69) is 21.9 Å². The number of carbonyl (C=O) groups is 2. The summed E-state index contributed by atoms with van der Waals surface area (Å²) in [4.78, 5) is 22.8. The molecule has 0 saturated carbocycles. The standard InChI is InChI=1S/C18H30N2O3.2C2HF3O2/c1-16-4-5-17(23-16)12-20-7-3-6-18(14-20)13-19(8-10-21-2)9-11-22-15-18;2*3-2(4,5)1(6)7/h4-5H,3,6-15H2,1-2H3;2*(H,6,7). The fourth-order valence-electron chi connectivity index (χ4n) is 3.98. The first-order chi connectivity index (χ1) is 17.1. The zero-order valence-electron chi connectivity index (χ0n) is 20.5. The molecule has 0 radical (unpaired) electrons. The Kier molecular flexibility index (Phi) is 12.8. The van der Waals surface area contributed by atoms with Gasteiger partial charge in [-0.15, -0.1) is 0 Å². The highest BCUT2D eigenvalue weighted by atomic mass is 19.4. The molecule has 2 aliphatic heterocycles. The van der Waals surface area contributed by atoms with E-state index in [0.717, 1.165) is 70.6 Å². The molecule has 1 aromatic rings.